The predicted molar refractivity (Wildman–Crippen MR) is 91.9 cm³/mol. The summed E-state index contributed by atoms with van der Waals surface area (Å²) < 4.78 is 11.1. The normalized spacial score (nSPS) is 16.1. The zero-order valence-electron chi connectivity index (χ0n) is 12.8. The van der Waals surface area contributed by atoms with E-state index >= 15 is 0 Å². The van der Waals surface area contributed by atoms with Crippen LogP contribution in [0.3, 0.4) is 0 Å². The fourth-order valence-electron chi connectivity index (χ4n) is 2.42. The Morgan fingerprint density at radius 1 is 1.30 bits per heavy atom. The summed E-state index contributed by atoms with van der Waals surface area (Å²) in [5.41, 5.74) is 3.59. The van der Waals surface area contributed by atoms with Gasteiger partial charge in [-0.1, -0.05) is 48.5 Å². The van der Waals surface area contributed by atoms with E-state index in [2.05, 4.69) is 6.58 Å². The molecule has 0 saturated carbocycles. The molecule has 4 heteroatoms. The zero-order chi connectivity index (χ0) is 16.4. The molecule has 0 amide bonds. The highest BCUT2D eigenvalue weighted by atomic mass is 35.5. The summed E-state index contributed by atoms with van der Waals surface area (Å²) in [6, 6.07) is 13.3. The van der Waals surface area contributed by atoms with Crippen LogP contribution in [0.15, 0.2) is 60.7 Å². The molecule has 1 aliphatic heterocycles. The van der Waals surface area contributed by atoms with Gasteiger partial charge in [0.1, 0.15) is 18.1 Å². The lowest BCUT2D eigenvalue weighted by atomic mass is 9.95. The van der Waals surface area contributed by atoms with Gasteiger partial charge in [-0.2, -0.15) is 0 Å². The van der Waals surface area contributed by atoms with E-state index in [1.807, 2.05) is 37.3 Å². The summed E-state index contributed by atoms with van der Waals surface area (Å²) in [4.78, 5) is 0. The monoisotopic (exact) mass is 328 g/mol. The third-order valence-electron chi connectivity index (χ3n) is 3.44. The van der Waals surface area contributed by atoms with Gasteiger partial charge < -0.3 is 14.6 Å². The van der Waals surface area contributed by atoms with Crippen molar-refractivity contribution in [1.29, 1.82) is 0 Å². The van der Waals surface area contributed by atoms with Gasteiger partial charge in [-0.3, -0.25) is 0 Å². The standard InChI is InChI=1S/C19H17ClO3/c1-12(2)11-22-18-10-17-15(8-16(18)20)14(9-19(21)23-17)13-6-4-3-5-7-13/h3-10,19,21H,1,11H2,2H3. The minimum absolute atomic E-state index is 0.377. The van der Waals surface area contributed by atoms with Crippen LogP contribution < -0.4 is 9.47 Å². The maximum absolute atomic E-state index is 9.98. The number of aliphatic hydroxyl groups is 1. The smallest absolute Gasteiger partial charge is 0.218 e. The number of aliphatic hydroxyl groups excluding tert-OH is 1. The SMILES string of the molecule is C=C(C)COc1cc2c(cc1Cl)C(c1ccccc1)=CC(O)O2. The Hall–Kier alpha value is -2.23. The van der Waals surface area contributed by atoms with E-state index in [-0.39, 0.29) is 0 Å². The Morgan fingerprint density at radius 2 is 2.04 bits per heavy atom. The fourth-order valence-corrected chi connectivity index (χ4v) is 2.64. The number of benzene rings is 2. The molecule has 3 nitrogen and oxygen atoms in total. The topological polar surface area (TPSA) is 38.7 Å². The summed E-state index contributed by atoms with van der Waals surface area (Å²) in [6.07, 6.45) is 0.662. The van der Waals surface area contributed by atoms with Crippen LogP contribution in [0.25, 0.3) is 5.57 Å². The summed E-state index contributed by atoms with van der Waals surface area (Å²) in [5.74, 6) is 1.05. The molecular formula is C19H17ClO3. The molecule has 0 bridgehead atoms. The minimum Gasteiger partial charge on any atom is -0.488 e. The number of hydrogen-bond acceptors (Lipinski definition) is 3. The quantitative estimate of drug-likeness (QED) is 0.843. The highest BCUT2D eigenvalue weighted by molar-refractivity contribution is 6.32. The molecule has 1 N–H and O–H groups in total. The summed E-state index contributed by atoms with van der Waals surface area (Å²) in [6.45, 7) is 6.06. The Balaban J connectivity index is 2.02. The first-order valence-electron chi connectivity index (χ1n) is 7.27. The van der Waals surface area contributed by atoms with Crippen molar-refractivity contribution >= 4 is 17.2 Å². The number of ether oxygens (including phenoxy) is 2. The van der Waals surface area contributed by atoms with Crippen LogP contribution in [0.4, 0.5) is 0 Å². The molecule has 0 radical (unpaired) electrons. The fraction of sp³-hybridized carbons (Fsp3) is 0.158. The highest BCUT2D eigenvalue weighted by Gasteiger charge is 2.22. The van der Waals surface area contributed by atoms with E-state index in [4.69, 9.17) is 21.1 Å². The Kier molecular flexibility index (Phi) is 4.42. The van der Waals surface area contributed by atoms with Gasteiger partial charge in [0.25, 0.3) is 0 Å². The van der Waals surface area contributed by atoms with E-state index in [1.54, 1.807) is 18.2 Å². The van der Waals surface area contributed by atoms with Crippen molar-refractivity contribution in [2.45, 2.75) is 13.2 Å². The maximum atomic E-state index is 9.98. The Labute approximate surface area is 140 Å². The van der Waals surface area contributed by atoms with Crippen molar-refractivity contribution in [2.24, 2.45) is 0 Å². The highest BCUT2D eigenvalue weighted by Crippen LogP contribution is 2.41. The number of rotatable bonds is 4. The van der Waals surface area contributed by atoms with Gasteiger partial charge in [0.2, 0.25) is 6.29 Å². The van der Waals surface area contributed by atoms with Crippen molar-refractivity contribution < 1.29 is 14.6 Å². The molecule has 118 valence electrons. The van der Waals surface area contributed by atoms with Crippen molar-refractivity contribution in [2.75, 3.05) is 6.61 Å². The van der Waals surface area contributed by atoms with Crippen molar-refractivity contribution in [3.05, 3.63) is 76.8 Å². The molecule has 0 aromatic heterocycles. The predicted octanol–water partition coefficient (Wildman–Crippen LogP) is 4.44. The average Bonchev–Trinajstić information content (AvgIpc) is 2.53. The molecule has 0 aliphatic carbocycles. The molecule has 2 aromatic rings. The van der Waals surface area contributed by atoms with Gasteiger partial charge in [0, 0.05) is 11.6 Å². The molecule has 23 heavy (non-hydrogen) atoms. The second kappa shape index (κ2) is 6.49. The van der Waals surface area contributed by atoms with E-state index in [9.17, 15) is 5.11 Å². The number of hydrogen-bond donors (Lipinski definition) is 1. The Bertz CT molecular complexity index is 766. The van der Waals surface area contributed by atoms with Crippen molar-refractivity contribution in [3.63, 3.8) is 0 Å². The Morgan fingerprint density at radius 3 is 2.74 bits per heavy atom. The van der Waals surface area contributed by atoms with E-state index in [0.717, 1.165) is 22.3 Å². The molecule has 1 heterocycles. The molecular weight excluding hydrogens is 312 g/mol. The van der Waals surface area contributed by atoms with Gasteiger partial charge in [-0.25, -0.2) is 0 Å². The van der Waals surface area contributed by atoms with Gasteiger partial charge in [0.15, 0.2) is 0 Å². The first-order valence-corrected chi connectivity index (χ1v) is 7.65. The third-order valence-corrected chi connectivity index (χ3v) is 3.74. The summed E-state index contributed by atoms with van der Waals surface area (Å²) in [5, 5.41) is 10.5. The first-order chi connectivity index (χ1) is 11.0. The van der Waals surface area contributed by atoms with E-state index in [0.29, 0.717) is 23.1 Å². The lowest BCUT2D eigenvalue weighted by molar-refractivity contribution is 0.0224. The van der Waals surface area contributed by atoms with Crippen LogP contribution in [0.5, 0.6) is 11.5 Å². The second-order valence-electron chi connectivity index (χ2n) is 5.48. The van der Waals surface area contributed by atoms with Crippen molar-refractivity contribution in [1.82, 2.24) is 0 Å². The largest absolute Gasteiger partial charge is 0.488 e. The van der Waals surface area contributed by atoms with Gasteiger partial charge in [0.05, 0.1) is 5.02 Å². The lowest BCUT2D eigenvalue weighted by Crippen LogP contribution is -2.18. The van der Waals surface area contributed by atoms with Crippen LogP contribution >= 0.6 is 11.6 Å². The minimum atomic E-state index is -1.01. The number of fused-ring (bicyclic) bond motifs is 1. The second-order valence-corrected chi connectivity index (χ2v) is 5.89. The first kappa shape index (κ1) is 15.7. The molecule has 3 rings (SSSR count). The number of halogens is 1. The van der Waals surface area contributed by atoms with Crippen LogP contribution in [0.1, 0.15) is 18.1 Å². The summed E-state index contributed by atoms with van der Waals surface area (Å²) in [7, 11) is 0. The lowest BCUT2D eigenvalue weighted by Gasteiger charge is -2.24. The molecule has 2 aromatic carbocycles. The van der Waals surface area contributed by atoms with Crippen LogP contribution in [-0.4, -0.2) is 18.0 Å². The molecule has 1 atom stereocenters. The zero-order valence-corrected chi connectivity index (χ0v) is 13.5. The average molecular weight is 329 g/mol. The van der Waals surface area contributed by atoms with Gasteiger partial charge in [-0.05, 0) is 35.8 Å². The van der Waals surface area contributed by atoms with Crippen LogP contribution in [-0.2, 0) is 0 Å². The van der Waals surface area contributed by atoms with Gasteiger partial charge in [-0.15, -0.1) is 0 Å². The van der Waals surface area contributed by atoms with Crippen LogP contribution in [0.2, 0.25) is 5.02 Å². The molecule has 1 aliphatic rings. The third kappa shape index (κ3) is 3.41. The molecule has 1 unspecified atom stereocenters. The van der Waals surface area contributed by atoms with E-state index < -0.39 is 6.29 Å². The van der Waals surface area contributed by atoms with E-state index in [1.165, 1.54) is 0 Å². The molecule has 0 fully saturated rings. The van der Waals surface area contributed by atoms with Crippen molar-refractivity contribution in [3.8, 4) is 11.5 Å². The molecule has 0 spiro atoms. The van der Waals surface area contributed by atoms with Crippen LogP contribution in [0, 0.1) is 0 Å². The summed E-state index contributed by atoms with van der Waals surface area (Å²) >= 11 is 6.33. The van der Waals surface area contributed by atoms with Gasteiger partial charge >= 0.3 is 0 Å². The molecule has 0 saturated heterocycles. The maximum Gasteiger partial charge on any atom is 0.218 e.